The molecule has 2 N–H and O–H groups in total. The van der Waals surface area contributed by atoms with Gasteiger partial charge in [-0.25, -0.2) is 9.97 Å². The van der Waals surface area contributed by atoms with Crippen LogP contribution in [0.5, 0.6) is 0 Å². The zero-order valence-electron chi connectivity index (χ0n) is 9.90. The first-order valence-corrected chi connectivity index (χ1v) is 8.16. The smallest absolute Gasteiger partial charge is 0.181 e. The molecular formula is C11H15N3S3. The van der Waals surface area contributed by atoms with Gasteiger partial charge in [0.1, 0.15) is 0 Å². The Morgan fingerprint density at radius 2 is 2.24 bits per heavy atom. The Morgan fingerprint density at radius 3 is 2.88 bits per heavy atom. The van der Waals surface area contributed by atoms with E-state index in [1.54, 1.807) is 34.4 Å². The first-order valence-electron chi connectivity index (χ1n) is 5.48. The molecule has 0 atom stereocenters. The lowest BCUT2D eigenvalue weighted by atomic mass is 10.3. The van der Waals surface area contributed by atoms with Crippen molar-refractivity contribution in [1.82, 2.24) is 9.97 Å². The molecule has 0 spiro atoms. The molecule has 0 aliphatic heterocycles. The third-order valence-corrected chi connectivity index (χ3v) is 5.52. The number of aromatic nitrogens is 2. The summed E-state index contributed by atoms with van der Waals surface area (Å²) >= 11 is 5.09. The van der Waals surface area contributed by atoms with Gasteiger partial charge in [-0.3, -0.25) is 0 Å². The fourth-order valence-electron chi connectivity index (χ4n) is 1.42. The van der Waals surface area contributed by atoms with Crippen LogP contribution in [0.2, 0.25) is 0 Å². The summed E-state index contributed by atoms with van der Waals surface area (Å²) in [5, 5.41) is 4.04. The van der Waals surface area contributed by atoms with Gasteiger partial charge in [0.25, 0.3) is 0 Å². The Labute approximate surface area is 113 Å². The summed E-state index contributed by atoms with van der Waals surface area (Å²) in [7, 11) is 0. The molecule has 0 aliphatic carbocycles. The number of hydrogen-bond donors (Lipinski definition) is 1. The van der Waals surface area contributed by atoms with Gasteiger partial charge in [0, 0.05) is 11.1 Å². The van der Waals surface area contributed by atoms with Crippen LogP contribution in [0.25, 0.3) is 0 Å². The van der Waals surface area contributed by atoms with Crippen LogP contribution >= 0.6 is 34.4 Å². The number of hydrogen-bond acceptors (Lipinski definition) is 6. The van der Waals surface area contributed by atoms with Crippen molar-refractivity contribution in [3.8, 4) is 0 Å². The maximum absolute atomic E-state index is 5.67. The molecule has 0 aliphatic rings. The van der Waals surface area contributed by atoms with Crippen LogP contribution in [0.15, 0.2) is 9.59 Å². The number of rotatable bonds is 5. The molecule has 0 saturated carbocycles. The van der Waals surface area contributed by atoms with E-state index in [1.807, 2.05) is 6.92 Å². The van der Waals surface area contributed by atoms with Gasteiger partial charge < -0.3 is 5.73 Å². The van der Waals surface area contributed by atoms with E-state index in [0.29, 0.717) is 5.13 Å². The number of anilines is 1. The maximum Gasteiger partial charge on any atom is 0.181 e. The SMILES string of the molecule is CCCc1nc(CSc2sc(N)nc2C)cs1. The van der Waals surface area contributed by atoms with Gasteiger partial charge in [-0.05, 0) is 19.8 Å². The number of nitrogen functional groups attached to an aromatic ring is 1. The summed E-state index contributed by atoms with van der Waals surface area (Å²) in [4.78, 5) is 8.82. The molecule has 2 heterocycles. The second kappa shape index (κ2) is 5.84. The van der Waals surface area contributed by atoms with E-state index < -0.39 is 0 Å². The molecule has 0 bridgehead atoms. The number of aryl methyl sites for hydroxylation is 2. The van der Waals surface area contributed by atoms with Crippen molar-refractivity contribution < 1.29 is 0 Å². The second-order valence-electron chi connectivity index (χ2n) is 3.70. The van der Waals surface area contributed by atoms with E-state index in [0.717, 1.165) is 30.0 Å². The molecule has 3 nitrogen and oxygen atoms in total. The van der Waals surface area contributed by atoms with Crippen LogP contribution in [0.1, 0.15) is 29.7 Å². The Bertz CT molecular complexity index is 490. The van der Waals surface area contributed by atoms with Gasteiger partial charge >= 0.3 is 0 Å². The average Bonchev–Trinajstić information content (AvgIpc) is 2.83. The highest BCUT2D eigenvalue weighted by Crippen LogP contribution is 2.32. The lowest BCUT2D eigenvalue weighted by molar-refractivity contribution is 0.902. The van der Waals surface area contributed by atoms with Crippen LogP contribution in [-0.4, -0.2) is 9.97 Å². The van der Waals surface area contributed by atoms with Gasteiger partial charge in [-0.2, -0.15) is 0 Å². The molecule has 2 aromatic rings. The van der Waals surface area contributed by atoms with Crippen molar-refractivity contribution >= 4 is 39.6 Å². The van der Waals surface area contributed by atoms with Crippen molar-refractivity contribution in [3.63, 3.8) is 0 Å². The fraction of sp³-hybridized carbons (Fsp3) is 0.455. The van der Waals surface area contributed by atoms with Crippen LogP contribution in [0.3, 0.4) is 0 Å². The van der Waals surface area contributed by atoms with Crippen molar-refractivity contribution in [3.05, 3.63) is 21.8 Å². The maximum atomic E-state index is 5.67. The summed E-state index contributed by atoms with van der Waals surface area (Å²) in [6, 6.07) is 0. The fourth-order valence-corrected chi connectivity index (χ4v) is 4.34. The van der Waals surface area contributed by atoms with Crippen LogP contribution < -0.4 is 5.73 Å². The lowest BCUT2D eigenvalue weighted by Gasteiger charge is -1.95. The van der Waals surface area contributed by atoms with Crippen molar-refractivity contribution in [2.45, 2.75) is 36.7 Å². The van der Waals surface area contributed by atoms with Crippen LogP contribution in [0.4, 0.5) is 5.13 Å². The molecule has 0 amide bonds. The van der Waals surface area contributed by atoms with E-state index in [4.69, 9.17) is 5.73 Å². The normalized spacial score (nSPS) is 10.9. The summed E-state index contributed by atoms with van der Waals surface area (Å²) in [5.41, 5.74) is 7.86. The second-order valence-corrected chi connectivity index (χ2v) is 6.91. The number of nitrogens with zero attached hydrogens (tertiary/aromatic N) is 2. The summed E-state index contributed by atoms with van der Waals surface area (Å²) in [6.07, 6.45) is 2.24. The van der Waals surface area contributed by atoms with Gasteiger partial charge in [0.2, 0.25) is 0 Å². The van der Waals surface area contributed by atoms with Gasteiger partial charge in [-0.15, -0.1) is 23.1 Å². The molecule has 6 heteroatoms. The Kier molecular flexibility index (Phi) is 4.42. The molecule has 92 valence electrons. The largest absolute Gasteiger partial charge is 0.375 e. The van der Waals surface area contributed by atoms with Crippen molar-refractivity contribution in [2.24, 2.45) is 0 Å². The van der Waals surface area contributed by atoms with Gasteiger partial charge in [0.05, 0.1) is 20.6 Å². The van der Waals surface area contributed by atoms with E-state index in [9.17, 15) is 0 Å². The first-order chi connectivity index (χ1) is 8.19. The molecule has 0 radical (unpaired) electrons. The quantitative estimate of drug-likeness (QED) is 0.850. The molecule has 0 saturated heterocycles. The van der Waals surface area contributed by atoms with Crippen molar-refractivity contribution in [2.75, 3.05) is 5.73 Å². The molecule has 2 rings (SSSR count). The highest BCUT2D eigenvalue weighted by atomic mass is 32.2. The summed E-state index contributed by atoms with van der Waals surface area (Å²) < 4.78 is 1.20. The number of nitrogens with two attached hydrogens (primary N) is 1. The zero-order valence-corrected chi connectivity index (χ0v) is 12.3. The van der Waals surface area contributed by atoms with E-state index >= 15 is 0 Å². The minimum absolute atomic E-state index is 0.648. The Hall–Kier alpha value is -0.590. The van der Waals surface area contributed by atoms with Gasteiger partial charge in [0.15, 0.2) is 5.13 Å². The molecule has 17 heavy (non-hydrogen) atoms. The minimum Gasteiger partial charge on any atom is -0.375 e. The van der Waals surface area contributed by atoms with E-state index in [1.165, 1.54) is 9.22 Å². The Balaban J connectivity index is 1.95. The third-order valence-electron chi connectivity index (χ3n) is 2.18. The third kappa shape index (κ3) is 3.43. The summed E-state index contributed by atoms with van der Waals surface area (Å²) in [5.74, 6) is 0.905. The highest BCUT2D eigenvalue weighted by molar-refractivity contribution is 8.00. The van der Waals surface area contributed by atoms with Crippen LogP contribution in [0, 0.1) is 6.92 Å². The minimum atomic E-state index is 0.648. The van der Waals surface area contributed by atoms with E-state index in [-0.39, 0.29) is 0 Å². The number of thiazole rings is 2. The molecule has 0 aromatic carbocycles. The predicted octanol–water partition coefficient (Wildman–Crippen LogP) is 3.74. The molecule has 0 unspecified atom stereocenters. The Morgan fingerprint density at radius 1 is 1.41 bits per heavy atom. The topological polar surface area (TPSA) is 51.8 Å². The van der Waals surface area contributed by atoms with Crippen molar-refractivity contribution in [1.29, 1.82) is 0 Å². The molecule has 2 aromatic heterocycles. The van der Waals surface area contributed by atoms with Gasteiger partial charge in [-0.1, -0.05) is 18.3 Å². The first kappa shape index (κ1) is 12.9. The van der Waals surface area contributed by atoms with E-state index in [2.05, 4.69) is 22.3 Å². The number of thioether (sulfide) groups is 1. The monoisotopic (exact) mass is 285 g/mol. The molecular weight excluding hydrogens is 270 g/mol. The van der Waals surface area contributed by atoms with Crippen LogP contribution in [-0.2, 0) is 12.2 Å². The predicted molar refractivity (Wildman–Crippen MR) is 76.9 cm³/mol. The molecule has 0 fully saturated rings. The standard InChI is InChI=1S/C11H15N3S3/c1-3-4-9-14-8(5-15-9)6-16-10-7(2)13-11(12)17-10/h5H,3-4,6H2,1-2H3,(H2,12,13). The average molecular weight is 285 g/mol. The lowest BCUT2D eigenvalue weighted by Crippen LogP contribution is -1.84. The highest BCUT2D eigenvalue weighted by Gasteiger charge is 2.08. The summed E-state index contributed by atoms with van der Waals surface area (Å²) in [6.45, 7) is 4.18. The zero-order chi connectivity index (χ0) is 12.3.